The highest BCUT2D eigenvalue weighted by Crippen LogP contribution is 2.31. The fourth-order valence-electron chi connectivity index (χ4n) is 1.37. The molecule has 1 aromatic carbocycles. The van der Waals surface area contributed by atoms with Crippen molar-refractivity contribution in [2.75, 3.05) is 12.9 Å². The third-order valence-corrected chi connectivity index (χ3v) is 3.71. The Kier molecular flexibility index (Phi) is 5.15. The Morgan fingerprint density at radius 3 is 2.78 bits per heavy atom. The van der Waals surface area contributed by atoms with E-state index in [1.54, 1.807) is 19.1 Å². The Hall–Kier alpha value is -1.56. The molecule has 1 rings (SSSR count). The number of aryl methyl sites for hydroxylation is 1. The quantitative estimate of drug-likeness (QED) is 0.356. The summed E-state index contributed by atoms with van der Waals surface area (Å²) in [6.07, 6.45) is 0. The third-order valence-electron chi connectivity index (χ3n) is 2.40. The molecule has 98 valence electrons. The molecule has 0 heterocycles. The second kappa shape index (κ2) is 6.39. The lowest BCUT2D eigenvalue weighted by Gasteiger charge is -2.09. The first-order chi connectivity index (χ1) is 8.45. The number of rotatable bonds is 5. The summed E-state index contributed by atoms with van der Waals surface area (Å²) in [4.78, 5) is 22.3. The van der Waals surface area contributed by atoms with Crippen LogP contribution in [0.1, 0.15) is 12.5 Å². The number of esters is 1. The fourth-order valence-corrected chi connectivity index (χ4v) is 2.50. The van der Waals surface area contributed by atoms with Gasteiger partial charge >= 0.3 is 5.97 Å². The van der Waals surface area contributed by atoms with Crippen LogP contribution in [0.3, 0.4) is 0 Å². The summed E-state index contributed by atoms with van der Waals surface area (Å²) in [7, 11) is 1.33. The predicted molar refractivity (Wildman–Crippen MR) is 69.7 cm³/mol. The van der Waals surface area contributed by atoms with Gasteiger partial charge in [-0.25, -0.2) is 0 Å². The summed E-state index contributed by atoms with van der Waals surface area (Å²) >= 11 is 1.30. The van der Waals surface area contributed by atoms with Crippen molar-refractivity contribution in [2.45, 2.75) is 18.7 Å². The van der Waals surface area contributed by atoms with Gasteiger partial charge in [-0.2, -0.15) is 0 Å². The van der Waals surface area contributed by atoms with Gasteiger partial charge in [0.15, 0.2) is 0 Å². The normalized spacial score (nSPS) is 11.9. The number of hydrogen-bond donors (Lipinski definition) is 0. The molecule has 6 heteroatoms. The zero-order chi connectivity index (χ0) is 13.7. The molecule has 0 aromatic heterocycles. The highest BCUT2D eigenvalue weighted by atomic mass is 32.2. The first-order valence-electron chi connectivity index (χ1n) is 5.41. The first kappa shape index (κ1) is 14.5. The van der Waals surface area contributed by atoms with Crippen LogP contribution in [-0.4, -0.2) is 23.8 Å². The number of hydrogen-bond acceptors (Lipinski definition) is 5. The van der Waals surface area contributed by atoms with Crippen molar-refractivity contribution in [2.24, 2.45) is 5.92 Å². The van der Waals surface area contributed by atoms with E-state index >= 15 is 0 Å². The molecule has 0 fully saturated rings. The molecule has 5 nitrogen and oxygen atoms in total. The number of methoxy groups -OCH3 is 1. The van der Waals surface area contributed by atoms with Gasteiger partial charge in [0, 0.05) is 11.8 Å². The van der Waals surface area contributed by atoms with Crippen LogP contribution in [-0.2, 0) is 9.53 Å². The summed E-state index contributed by atoms with van der Waals surface area (Å²) in [5, 5.41) is 10.9. The molecule has 1 aromatic rings. The summed E-state index contributed by atoms with van der Waals surface area (Å²) in [5.41, 5.74) is 1.02. The maximum atomic E-state index is 11.2. The monoisotopic (exact) mass is 269 g/mol. The maximum absolute atomic E-state index is 11.2. The number of ether oxygens (including phenoxy) is 1. The Labute approximate surface area is 110 Å². The summed E-state index contributed by atoms with van der Waals surface area (Å²) < 4.78 is 4.62. The Bertz CT molecular complexity index is 461. The van der Waals surface area contributed by atoms with Gasteiger partial charge in [-0.1, -0.05) is 13.0 Å². The van der Waals surface area contributed by atoms with E-state index in [4.69, 9.17) is 0 Å². The molecule has 0 aliphatic heterocycles. The molecule has 0 aliphatic carbocycles. The smallest absolute Gasteiger partial charge is 0.309 e. The van der Waals surface area contributed by atoms with Crippen LogP contribution in [0.15, 0.2) is 23.1 Å². The molecule has 0 amide bonds. The molecule has 1 atom stereocenters. The van der Waals surface area contributed by atoms with Crippen molar-refractivity contribution in [3.05, 3.63) is 33.9 Å². The van der Waals surface area contributed by atoms with E-state index in [0.29, 0.717) is 10.6 Å². The second-order valence-electron chi connectivity index (χ2n) is 3.96. The van der Waals surface area contributed by atoms with Crippen LogP contribution < -0.4 is 0 Å². The molecule has 0 aliphatic rings. The Morgan fingerprint density at radius 1 is 1.56 bits per heavy atom. The molecular weight excluding hydrogens is 254 g/mol. The highest BCUT2D eigenvalue weighted by Gasteiger charge is 2.18. The minimum absolute atomic E-state index is 0.0719. The zero-order valence-electron chi connectivity index (χ0n) is 10.5. The standard InChI is InChI=1S/C12H15NO4S/c1-8-4-5-10(13(15)16)11(6-8)18-7-9(2)12(14)17-3/h4-6,9H,7H2,1-3H3. The average molecular weight is 269 g/mol. The number of nitrogens with zero attached hydrogens (tertiary/aromatic N) is 1. The van der Waals surface area contributed by atoms with E-state index < -0.39 is 4.92 Å². The molecule has 0 saturated carbocycles. The van der Waals surface area contributed by atoms with E-state index in [9.17, 15) is 14.9 Å². The number of nitro benzene ring substituents is 1. The summed E-state index contributed by atoms with van der Waals surface area (Å²) in [6, 6.07) is 4.94. The minimum atomic E-state index is -0.412. The van der Waals surface area contributed by atoms with Gasteiger partial charge in [0.1, 0.15) is 0 Å². The number of thioether (sulfide) groups is 1. The molecule has 0 bridgehead atoms. The lowest BCUT2D eigenvalue weighted by atomic mass is 10.2. The lowest BCUT2D eigenvalue weighted by molar-refractivity contribution is -0.387. The molecule has 1 unspecified atom stereocenters. The van der Waals surface area contributed by atoms with Crippen LogP contribution in [0.5, 0.6) is 0 Å². The molecule has 0 N–H and O–H groups in total. The van der Waals surface area contributed by atoms with E-state index in [-0.39, 0.29) is 17.6 Å². The SMILES string of the molecule is COC(=O)C(C)CSc1cc(C)ccc1[N+](=O)[O-]. The van der Waals surface area contributed by atoms with E-state index in [1.807, 2.05) is 6.92 Å². The molecule has 18 heavy (non-hydrogen) atoms. The van der Waals surface area contributed by atoms with Crippen LogP contribution in [0.2, 0.25) is 0 Å². The number of benzene rings is 1. The van der Waals surface area contributed by atoms with Crippen molar-refractivity contribution in [1.29, 1.82) is 0 Å². The van der Waals surface area contributed by atoms with Crippen LogP contribution in [0, 0.1) is 23.0 Å². The molecule has 0 spiro atoms. The maximum Gasteiger partial charge on any atom is 0.309 e. The van der Waals surface area contributed by atoms with Gasteiger partial charge in [-0.05, 0) is 18.6 Å². The van der Waals surface area contributed by atoms with Gasteiger partial charge < -0.3 is 4.74 Å². The van der Waals surface area contributed by atoms with Crippen LogP contribution >= 0.6 is 11.8 Å². The Morgan fingerprint density at radius 2 is 2.22 bits per heavy atom. The molecule has 0 radical (unpaired) electrons. The zero-order valence-corrected chi connectivity index (χ0v) is 11.3. The fraction of sp³-hybridized carbons (Fsp3) is 0.417. The molecular formula is C12H15NO4S. The van der Waals surface area contributed by atoms with Crippen molar-refractivity contribution in [3.63, 3.8) is 0 Å². The highest BCUT2D eigenvalue weighted by molar-refractivity contribution is 7.99. The van der Waals surface area contributed by atoms with Crippen molar-refractivity contribution in [3.8, 4) is 0 Å². The van der Waals surface area contributed by atoms with E-state index in [1.165, 1.54) is 24.9 Å². The van der Waals surface area contributed by atoms with Crippen molar-refractivity contribution < 1.29 is 14.5 Å². The van der Waals surface area contributed by atoms with Crippen LogP contribution in [0.4, 0.5) is 5.69 Å². The second-order valence-corrected chi connectivity index (χ2v) is 5.03. The largest absolute Gasteiger partial charge is 0.469 e. The van der Waals surface area contributed by atoms with Gasteiger partial charge in [0.25, 0.3) is 5.69 Å². The Balaban J connectivity index is 2.80. The van der Waals surface area contributed by atoms with E-state index in [0.717, 1.165) is 5.56 Å². The van der Waals surface area contributed by atoms with Gasteiger partial charge in [0.05, 0.1) is 22.8 Å². The first-order valence-corrected chi connectivity index (χ1v) is 6.40. The number of nitro groups is 1. The minimum Gasteiger partial charge on any atom is -0.469 e. The topological polar surface area (TPSA) is 69.4 Å². The average Bonchev–Trinajstić information content (AvgIpc) is 2.34. The predicted octanol–water partition coefficient (Wildman–Crippen LogP) is 2.80. The lowest BCUT2D eigenvalue weighted by Crippen LogP contribution is -2.14. The molecule has 0 saturated heterocycles. The van der Waals surface area contributed by atoms with Crippen molar-refractivity contribution >= 4 is 23.4 Å². The third kappa shape index (κ3) is 3.73. The van der Waals surface area contributed by atoms with Gasteiger partial charge in [0.2, 0.25) is 0 Å². The van der Waals surface area contributed by atoms with Gasteiger partial charge in [-0.15, -0.1) is 11.8 Å². The van der Waals surface area contributed by atoms with Crippen molar-refractivity contribution in [1.82, 2.24) is 0 Å². The van der Waals surface area contributed by atoms with Gasteiger partial charge in [-0.3, -0.25) is 14.9 Å². The van der Waals surface area contributed by atoms with E-state index in [2.05, 4.69) is 4.74 Å². The number of carbonyl (C=O) groups excluding carboxylic acids is 1. The van der Waals surface area contributed by atoms with Crippen LogP contribution in [0.25, 0.3) is 0 Å². The summed E-state index contributed by atoms with van der Waals surface area (Å²) in [6.45, 7) is 3.61. The summed E-state index contributed by atoms with van der Waals surface area (Å²) in [5.74, 6) is -0.144. The number of carbonyl (C=O) groups is 1.